The van der Waals surface area contributed by atoms with Crippen molar-refractivity contribution in [3.63, 3.8) is 0 Å². The Bertz CT molecular complexity index is 1350. The normalized spacial score (nSPS) is 15.6. The third kappa shape index (κ3) is 5.85. The van der Waals surface area contributed by atoms with Crippen molar-refractivity contribution in [3.05, 3.63) is 50.4 Å². The highest BCUT2D eigenvalue weighted by atomic mass is 33.1. The second kappa shape index (κ2) is 12.3. The fourth-order valence-electron chi connectivity index (χ4n) is 4.01. The lowest BCUT2D eigenvalue weighted by Gasteiger charge is -2.18. The second-order valence-electron chi connectivity index (χ2n) is 7.73. The van der Waals surface area contributed by atoms with E-state index in [1.165, 1.54) is 11.3 Å². The molecule has 1 aliphatic carbocycles. The van der Waals surface area contributed by atoms with Gasteiger partial charge in [-0.2, -0.15) is 0 Å². The number of carbonyl (C=O) groups excluding carboxylic acids is 2. The second-order valence-corrected chi connectivity index (χ2v) is 8.81. The van der Waals surface area contributed by atoms with Crippen LogP contribution in [0, 0.1) is 5.92 Å². The number of carboxylic acid groups (broad SMARTS) is 1. The molecule has 0 saturated heterocycles. The summed E-state index contributed by atoms with van der Waals surface area (Å²) in [6.07, 6.45) is 1.39. The van der Waals surface area contributed by atoms with Gasteiger partial charge in [-0.15, -0.1) is 34.7 Å². The van der Waals surface area contributed by atoms with Gasteiger partial charge in [0.25, 0.3) is 17.4 Å². The minimum atomic E-state index is -0.872. The number of carbonyl (C=O) groups is 3. The third-order valence-electron chi connectivity index (χ3n) is 5.61. The van der Waals surface area contributed by atoms with E-state index in [1.807, 2.05) is 13.8 Å². The van der Waals surface area contributed by atoms with E-state index in [4.69, 9.17) is 4.74 Å². The molecule has 10 nitrogen and oxygen atoms in total. The highest BCUT2D eigenvalue weighted by Crippen LogP contribution is 2.36. The summed E-state index contributed by atoms with van der Waals surface area (Å²) in [6, 6.07) is 5.18. The molecule has 0 bridgehead atoms. The van der Waals surface area contributed by atoms with Crippen molar-refractivity contribution in [1.82, 2.24) is 15.3 Å². The summed E-state index contributed by atoms with van der Waals surface area (Å²) < 4.78 is 5.31. The molecule has 3 aromatic rings. The van der Waals surface area contributed by atoms with E-state index in [9.17, 15) is 24.3 Å². The smallest absolute Gasteiger partial charge is 0.306 e. The number of hydrogen-bond donors (Lipinski definition) is 6. The van der Waals surface area contributed by atoms with Gasteiger partial charge < -0.3 is 25.5 Å². The number of hydrogen-bond acceptors (Lipinski definition) is 9. The molecule has 2 aliphatic rings. The summed E-state index contributed by atoms with van der Waals surface area (Å²) in [6.45, 7) is 4.12. The topological polar surface area (TPSA) is 150 Å². The minimum absolute atomic E-state index is 0.0340. The van der Waals surface area contributed by atoms with Gasteiger partial charge in [-0.05, 0) is 42.5 Å². The molecule has 0 fully saturated rings. The molecule has 192 valence electrons. The molecule has 4 N–H and O–H groups in total. The molecule has 2 aromatic heterocycles. The van der Waals surface area contributed by atoms with Crippen LogP contribution in [0.4, 0.5) is 5.69 Å². The number of nitrogens with one attached hydrogen (secondary N) is 3. The number of aromatic nitrogens is 2. The zero-order valence-corrected chi connectivity index (χ0v) is 22.2. The number of thiol groups is 2. The molecule has 13 heteroatoms. The first-order valence-corrected chi connectivity index (χ1v) is 13.6. The number of fused-ring (bicyclic) bond motifs is 4. The van der Waals surface area contributed by atoms with E-state index >= 15 is 0 Å². The predicted octanol–water partition coefficient (Wildman–Crippen LogP) is 3.22. The Morgan fingerprint density at radius 2 is 2.03 bits per heavy atom. The number of rotatable bonds is 4. The Kier molecular flexibility index (Phi) is 9.40. The lowest BCUT2D eigenvalue weighted by Crippen LogP contribution is -2.28. The molecular weight excluding hydrogens is 524 g/mol. The third-order valence-corrected chi connectivity index (χ3v) is 6.79. The fraction of sp³-hybridized carbons (Fsp3) is 0.348. The first-order valence-electron chi connectivity index (χ1n) is 11.2. The SMILES string of the molecule is CC.O=C1COc2ccc(CNC(=O)c3nc4sc5c(c4c(=O)[nH]3)CC(C(=O)O)CC5)cc2N1.SS. The Hall–Kier alpha value is -3.03. The van der Waals surface area contributed by atoms with Crippen LogP contribution < -0.4 is 20.9 Å². The maximum atomic E-state index is 12.7. The van der Waals surface area contributed by atoms with Crippen LogP contribution in [0.15, 0.2) is 23.0 Å². The molecule has 0 spiro atoms. The number of thiophene rings is 1. The van der Waals surface area contributed by atoms with Gasteiger partial charge in [0.05, 0.1) is 17.0 Å². The lowest BCUT2D eigenvalue weighted by molar-refractivity contribution is -0.142. The van der Waals surface area contributed by atoms with Crippen molar-refractivity contribution in [2.75, 3.05) is 11.9 Å². The van der Waals surface area contributed by atoms with Crippen LogP contribution in [0.25, 0.3) is 10.2 Å². The van der Waals surface area contributed by atoms with Gasteiger partial charge in [-0.3, -0.25) is 19.2 Å². The van der Waals surface area contributed by atoms with Crippen LogP contribution in [0.1, 0.15) is 46.9 Å². The molecule has 3 heterocycles. The van der Waals surface area contributed by atoms with Crippen LogP contribution in [0.5, 0.6) is 5.75 Å². The molecule has 0 saturated carbocycles. The zero-order chi connectivity index (χ0) is 26.4. The molecule has 1 atom stereocenters. The maximum Gasteiger partial charge on any atom is 0.306 e. The van der Waals surface area contributed by atoms with Crippen LogP contribution in [0.2, 0.25) is 0 Å². The van der Waals surface area contributed by atoms with Gasteiger partial charge in [0.15, 0.2) is 6.61 Å². The van der Waals surface area contributed by atoms with E-state index in [0.717, 1.165) is 16.0 Å². The molecule has 0 radical (unpaired) electrons. The number of benzene rings is 1. The van der Waals surface area contributed by atoms with Crippen LogP contribution in [-0.4, -0.2) is 39.5 Å². The maximum absolute atomic E-state index is 12.7. The van der Waals surface area contributed by atoms with Crippen LogP contribution in [-0.2, 0) is 29.0 Å². The Morgan fingerprint density at radius 3 is 2.75 bits per heavy atom. The van der Waals surface area contributed by atoms with Gasteiger partial charge in [0, 0.05) is 11.4 Å². The number of aliphatic carboxylic acids is 1. The van der Waals surface area contributed by atoms with Gasteiger partial charge in [0.1, 0.15) is 10.6 Å². The zero-order valence-electron chi connectivity index (χ0n) is 19.6. The number of H-pyrrole nitrogens is 1. The molecule has 5 rings (SSSR count). The summed E-state index contributed by atoms with van der Waals surface area (Å²) in [7, 11) is 0. The van der Waals surface area contributed by atoms with Crippen molar-refractivity contribution >= 4 is 68.3 Å². The quantitative estimate of drug-likeness (QED) is 0.216. The highest BCUT2D eigenvalue weighted by Gasteiger charge is 2.29. The Balaban J connectivity index is 0.000000861. The van der Waals surface area contributed by atoms with Crippen molar-refractivity contribution in [3.8, 4) is 5.75 Å². The van der Waals surface area contributed by atoms with Crippen molar-refractivity contribution in [2.24, 2.45) is 5.92 Å². The summed E-state index contributed by atoms with van der Waals surface area (Å²) in [5.74, 6) is -1.73. The van der Waals surface area contributed by atoms with Gasteiger partial charge in [0.2, 0.25) is 5.82 Å². The number of aryl methyl sites for hydroxylation is 1. The van der Waals surface area contributed by atoms with Crippen molar-refractivity contribution < 1.29 is 24.2 Å². The van der Waals surface area contributed by atoms with Crippen molar-refractivity contribution in [2.45, 2.75) is 39.7 Å². The van der Waals surface area contributed by atoms with E-state index in [2.05, 4.69) is 43.9 Å². The Labute approximate surface area is 221 Å². The summed E-state index contributed by atoms with van der Waals surface area (Å²) in [5.41, 5.74) is 1.54. The number of carboxylic acids is 1. The molecule has 1 unspecified atom stereocenters. The number of ether oxygens (including phenoxy) is 1. The van der Waals surface area contributed by atoms with E-state index in [1.54, 1.807) is 18.2 Å². The predicted molar refractivity (Wildman–Crippen MR) is 144 cm³/mol. The average Bonchev–Trinajstić information content (AvgIpc) is 3.27. The number of nitrogens with zero attached hydrogens (tertiary/aromatic N) is 1. The number of amides is 2. The molecule has 1 aliphatic heterocycles. The lowest BCUT2D eigenvalue weighted by atomic mass is 9.87. The van der Waals surface area contributed by atoms with Gasteiger partial charge in [-0.25, -0.2) is 4.98 Å². The Morgan fingerprint density at radius 1 is 1.28 bits per heavy atom. The molecule has 2 amide bonds. The standard InChI is InChI=1S/C21H18N4O6S.C2H6.H2S2/c26-15-8-31-13-3-1-9(5-12(13)23-15)7-22-19(28)17-24-18(27)16-11-6-10(21(29)30)2-4-14(11)32-20(16)25-17;2*1-2/h1,3,5,10H,2,4,6-8H2,(H,22,28)(H,23,26)(H,29,30)(H,24,25,27);1-2H3;1-2H. The average molecular weight is 551 g/mol. The van der Waals surface area contributed by atoms with Gasteiger partial charge >= 0.3 is 5.97 Å². The van der Waals surface area contributed by atoms with Gasteiger partial charge in [-0.1, -0.05) is 19.9 Å². The summed E-state index contributed by atoms with van der Waals surface area (Å²) in [4.78, 5) is 56.4. The monoisotopic (exact) mass is 550 g/mol. The van der Waals surface area contributed by atoms with E-state index in [0.29, 0.717) is 40.9 Å². The van der Waals surface area contributed by atoms with E-state index < -0.39 is 23.4 Å². The van der Waals surface area contributed by atoms with Crippen LogP contribution >= 0.6 is 34.7 Å². The largest absolute Gasteiger partial charge is 0.482 e. The summed E-state index contributed by atoms with van der Waals surface area (Å²) in [5, 5.41) is 15.1. The molecular formula is C23H26N4O6S3. The fourth-order valence-corrected chi connectivity index (χ4v) is 5.22. The first kappa shape index (κ1) is 27.6. The molecule has 1 aromatic carbocycles. The first-order chi connectivity index (χ1) is 17.4. The number of anilines is 1. The summed E-state index contributed by atoms with van der Waals surface area (Å²) >= 11 is 7.78. The van der Waals surface area contributed by atoms with Crippen molar-refractivity contribution in [1.29, 1.82) is 0 Å². The highest BCUT2D eigenvalue weighted by molar-refractivity contribution is 8.59. The minimum Gasteiger partial charge on any atom is -0.482 e. The van der Waals surface area contributed by atoms with Crippen LogP contribution in [0.3, 0.4) is 0 Å². The number of aromatic amines is 1. The van der Waals surface area contributed by atoms with E-state index in [-0.39, 0.29) is 24.9 Å². The molecule has 36 heavy (non-hydrogen) atoms.